The highest BCUT2D eigenvalue weighted by molar-refractivity contribution is 5.83. The van der Waals surface area contributed by atoms with Crippen LogP contribution in [-0.2, 0) is 22.7 Å². The van der Waals surface area contributed by atoms with E-state index in [9.17, 15) is 14.7 Å². The largest absolute Gasteiger partial charge is 0.508 e. The Morgan fingerprint density at radius 1 is 1.08 bits per heavy atom. The van der Waals surface area contributed by atoms with E-state index < -0.39 is 0 Å². The van der Waals surface area contributed by atoms with Gasteiger partial charge < -0.3 is 29.7 Å². The Balaban J connectivity index is 1.40. The smallest absolute Gasteiger partial charge is 0.240 e. The van der Waals surface area contributed by atoms with E-state index in [1.54, 1.807) is 18.2 Å². The van der Waals surface area contributed by atoms with E-state index >= 15 is 0 Å². The van der Waals surface area contributed by atoms with Crippen LogP contribution in [0.4, 0.5) is 0 Å². The molecule has 2 fully saturated rings. The maximum absolute atomic E-state index is 13.8. The van der Waals surface area contributed by atoms with Crippen molar-refractivity contribution >= 4 is 11.8 Å². The molecule has 0 radical (unpaired) electrons. The van der Waals surface area contributed by atoms with Gasteiger partial charge in [0.05, 0.1) is 6.04 Å². The topological polar surface area (TPSA) is 94.6 Å². The van der Waals surface area contributed by atoms with E-state index in [-0.39, 0.29) is 42.4 Å². The molecule has 2 aromatic rings. The minimum Gasteiger partial charge on any atom is -0.508 e. The molecule has 0 bridgehead atoms. The number of aromatic hydroxyl groups is 1. The van der Waals surface area contributed by atoms with E-state index in [0.717, 1.165) is 35.7 Å². The fraction of sp³-hybridized carbons (Fsp3) is 0.517. The third-order valence-electron chi connectivity index (χ3n) is 7.53. The Bertz CT molecular complexity index is 1150. The second kappa shape index (κ2) is 11.6. The van der Waals surface area contributed by atoms with Crippen LogP contribution in [0.15, 0.2) is 42.5 Å². The van der Waals surface area contributed by atoms with E-state index in [4.69, 9.17) is 9.47 Å². The van der Waals surface area contributed by atoms with Crippen LogP contribution in [0.1, 0.15) is 37.8 Å². The summed E-state index contributed by atoms with van der Waals surface area (Å²) in [6, 6.07) is 12.5. The molecule has 3 aliphatic rings. The van der Waals surface area contributed by atoms with E-state index in [2.05, 4.69) is 10.2 Å². The molecule has 3 heterocycles. The molecular formula is C29H38N4O5. The lowest BCUT2D eigenvalue weighted by Gasteiger charge is -2.32. The first kappa shape index (κ1) is 26.3. The maximum Gasteiger partial charge on any atom is 0.240 e. The Morgan fingerprint density at radius 2 is 1.87 bits per heavy atom. The lowest BCUT2D eigenvalue weighted by Crippen LogP contribution is -2.52. The SMILES string of the molecule is CC(C)CC(=O)N(Cc1cccc(O)c1)[C@H]1C[C@@H](C(=O)N2CCNCC2)N(Cc2ccc3c(c2)OCO3)C1. The number of nitrogens with zero attached hydrogens (tertiary/aromatic N) is 3. The number of phenolic OH excluding ortho intramolecular Hbond substituents is 1. The van der Waals surface area contributed by atoms with Gasteiger partial charge in [-0.1, -0.05) is 32.0 Å². The number of likely N-dealkylation sites (tertiary alicyclic amines) is 1. The molecule has 2 atom stereocenters. The van der Waals surface area contributed by atoms with Crippen molar-refractivity contribution in [2.24, 2.45) is 5.92 Å². The van der Waals surface area contributed by atoms with Gasteiger partial charge in [-0.3, -0.25) is 14.5 Å². The van der Waals surface area contributed by atoms with Crippen LogP contribution >= 0.6 is 0 Å². The van der Waals surface area contributed by atoms with Gasteiger partial charge in [0.1, 0.15) is 5.75 Å². The zero-order valence-electron chi connectivity index (χ0n) is 22.3. The number of nitrogens with one attached hydrogen (secondary N) is 1. The predicted octanol–water partition coefficient (Wildman–Crippen LogP) is 2.57. The van der Waals surface area contributed by atoms with Crippen molar-refractivity contribution in [1.29, 1.82) is 0 Å². The summed E-state index contributed by atoms with van der Waals surface area (Å²) in [4.78, 5) is 33.4. The summed E-state index contributed by atoms with van der Waals surface area (Å²) >= 11 is 0. The summed E-state index contributed by atoms with van der Waals surface area (Å²) in [5.41, 5.74) is 1.92. The van der Waals surface area contributed by atoms with Crippen LogP contribution in [0.3, 0.4) is 0 Å². The lowest BCUT2D eigenvalue weighted by molar-refractivity contribution is -0.137. The summed E-state index contributed by atoms with van der Waals surface area (Å²) in [5, 5.41) is 13.3. The van der Waals surface area contributed by atoms with Crippen molar-refractivity contribution < 1.29 is 24.2 Å². The van der Waals surface area contributed by atoms with Crippen LogP contribution in [0, 0.1) is 5.92 Å². The lowest BCUT2D eigenvalue weighted by atomic mass is 10.0. The number of piperazine rings is 1. The molecule has 0 aromatic heterocycles. The first-order valence-corrected chi connectivity index (χ1v) is 13.6. The number of hydrogen-bond donors (Lipinski definition) is 2. The van der Waals surface area contributed by atoms with Crippen molar-refractivity contribution in [3.8, 4) is 17.2 Å². The number of rotatable bonds is 8. The van der Waals surface area contributed by atoms with Crippen LogP contribution in [0.25, 0.3) is 0 Å². The molecule has 9 heteroatoms. The van der Waals surface area contributed by atoms with Crippen LogP contribution < -0.4 is 14.8 Å². The number of ether oxygens (including phenoxy) is 2. The number of carbonyl (C=O) groups is 2. The fourth-order valence-corrected chi connectivity index (χ4v) is 5.65. The van der Waals surface area contributed by atoms with E-state index in [1.165, 1.54) is 0 Å². The van der Waals surface area contributed by atoms with Gasteiger partial charge >= 0.3 is 0 Å². The molecule has 0 unspecified atom stereocenters. The molecule has 38 heavy (non-hydrogen) atoms. The van der Waals surface area contributed by atoms with Gasteiger partial charge in [0, 0.05) is 58.3 Å². The van der Waals surface area contributed by atoms with Crippen molar-refractivity contribution in [3.05, 3.63) is 53.6 Å². The summed E-state index contributed by atoms with van der Waals surface area (Å²) < 4.78 is 11.0. The quantitative estimate of drug-likeness (QED) is 0.550. The second-order valence-electron chi connectivity index (χ2n) is 10.9. The van der Waals surface area contributed by atoms with E-state index in [1.807, 2.05) is 47.9 Å². The Labute approximate surface area is 224 Å². The molecule has 0 spiro atoms. The Morgan fingerprint density at radius 3 is 2.63 bits per heavy atom. The Hall–Kier alpha value is -3.30. The molecule has 2 saturated heterocycles. The second-order valence-corrected chi connectivity index (χ2v) is 10.9. The molecule has 0 saturated carbocycles. The average molecular weight is 523 g/mol. The zero-order valence-corrected chi connectivity index (χ0v) is 22.3. The molecule has 2 amide bonds. The third kappa shape index (κ3) is 6.05. The van der Waals surface area contributed by atoms with E-state index in [0.29, 0.717) is 45.6 Å². The standard InChI is InChI=1S/C29H38N4O5/c1-20(2)12-28(35)33(17-21-4-3-5-24(34)13-21)23-15-25(29(36)31-10-8-30-9-11-31)32(18-23)16-22-6-7-26-27(14-22)38-19-37-26/h3-7,13-14,20,23,25,30,34H,8-12,15-19H2,1-2H3/t23-,25-/m0/s1. The van der Waals surface area contributed by atoms with Gasteiger partial charge in [-0.25, -0.2) is 0 Å². The highest BCUT2D eigenvalue weighted by atomic mass is 16.7. The minimum absolute atomic E-state index is 0.0756. The molecule has 204 valence electrons. The molecular weight excluding hydrogens is 484 g/mol. The summed E-state index contributed by atoms with van der Waals surface area (Å²) in [5.74, 6) is 2.06. The van der Waals surface area contributed by atoms with Gasteiger partial charge in [0.2, 0.25) is 18.6 Å². The monoisotopic (exact) mass is 522 g/mol. The predicted molar refractivity (Wildman–Crippen MR) is 143 cm³/mol. The number of carbonyl (C=O) groups excluding carboxylic acids is 2. The molecule has 5 rings (SSSR count). The van der Waals surface area contributed by atoms with Crippen molar-refractivity contribution in [1.82, 2.24) is 20.0 Å². The molecule has 2 N–H and O–H groups in total. The van der Waals surface area contributed by atoms with Crippen LogP contribution in [-0.4, -0.2) is 83.2 Å². The highest BCUT2D eigenvalue weighted by Gasteiger charge is 2.42. The van der Waals surface area contributed by atoms with Gasteiger partial charge in [0.15, 0.2) is 11.5 Å². The number of benzene rings is 2. The van der Waals surface area contributed by atoms with Crippen molar-refractivity contribution in [2.75, 3.05) is 39.5 Å². The van der Waals surface area contributed by atoms with Crippen LogP contribution in [0.2, 0.25) is 0 Å². The van der Waals surface area contributed by atoms with Crippen molar-refractivity contribution in [2.45, 2.75) is 51.9 Å². The molecule has 9 nitrogen and oxygen atoms in total. The summed E-state index contributed by atoms with van der Waals surface area (Å²) in [6.45, 7) is 8.85. The molecule has 2 aromatic carbocycles. The first-order valence-electron chi connectivity index (χ1n) is 13.6. The zero-order chi connectivity index (χ0) is 26.6. The van der Waals surface area contributed by atoms with Crippen molar-refractivity contribution in [3.63, 3.8) is 0 Å². The van der Waals surface area contributed by atoms with Gasteiger partial charge in [-0.15, -0.1) is 0 Å². The van der Waals surface area contributed by atoms with Gasteiger partial charge in [-0.2, -0.15) is 0 Å². The number of amides is 2. The molecule has 0 aliphatic carbocycles. The third-order valence-corrected chi connectivity index (χ3v) is 7.53. The Kier molecular flexibility index (Phi) is 8.04. The maximum atomic E-state index is 13.8. The minimum atomic E-state index is -0.318. The van der Waals surface area contributed by atoms with Gasteiger partial charge in [0.25, 0.3) is 0 Å². The fourth-order valence-electron chi connectivity index (χ4n) is 5.65. The first-order chi connectivity index (χ1) is 18.4. The summed E-state index contributed by atoms with van der Waals surface area (Å²) in [6.07, 6.45) is 1.02. The number of fused-ring (bicyclic) bond motifs is 1. The number of hydrogen-bond acceptors (Lipinski definition) is 7. The normalized spacial score (nSPS) is 21.2. The average Bonchev–Trinajstić information content (AvgIpc) is 3.54. The van der Waals surface area contributed by atoms with Crippen LogP contribution in [0.5, 0.6) is 17.2 Å². The highest BCUT2D eigenvalue weighted by Crippen LogP contribution is 2.34. The molecule has 3 aliphatic heterocycles. The van der Waals surface area contributed by atoms with Gasteiger partial charge in [-0.05, 0) is 47.7 Å². The summed E-state index contributed by atoms with van der Waals surface area (Å²) in [7, 11) is 0. The number of phenols is 1.